The number of carbonyl (C=O) groups excluding carboxylic acids is 1. The molecule has 0 bridgehead atoms. The van der Waals surface area contributed by atoms with E-state index in [2.05, 4.69) is 11.8 Å². The molecule has 0 radical (unpaired) electrons. The van der Waals surface area contributed by atoms with Crippen LogP contribution in [-0.2, 0) is 4.79 Å². The molecule has 1 aromatic carbocycles. The van der Waals surface area contributed by atoms with Crippen molar-refractivity contribution in [3.8, 4) is 5.75 Å². The summed E-state index contributed by atoms with van der Waals surface area (Å²) in [5.74, 6) is 1.05. The minimum Gasteiger partial charge on any atom is -0.486 e. The lowest BCUT2D eigenvalue weighted by atomic mass is 10.1. The van der Waals surface area contributed by atoms with Gasteiger partial charge in [-0.05, 0) is 37.5 Å². The van der Waals surface area contributed by atoms with E-state index in [-0.39, 0.29) is 12.0 Å². The van der Waals surface area contributed by atoms with Gasteiger partial charge in [0.15, 0.2) is 0 Å². The van der Waals surface area contributed by atoms with Gasteiger partial charge in [-0.15, -0.1) is 0 Å². The second-order valence-corrected chi connectivity index (χ2v) is 6.55. The molecule has 0 spiro atoms. The monoisotopic (exact) mass is 317 g/mol. The molecule has 126 valence electrons. The molecule has 1 aromatic rings. The van der Waals surface area contributed by atoms with Crippen LogP contribution in [-0.4, -0.2) is 43.1 Å². The second kappa shape index (κ2) is 7.11. The fraction of sp³-hybridized carbons (Fsp3) is 0.611. The maximum Gasteiger partial charge on any atom is 0.242 e. The highest BCUT2D eigenvalue weighted by Gasteiger charge is 2.27. The molecule has 2 aliphatic rings. The zero-order chi connectivity index (χ0) is 16.2. The minimum atomic E-state index is 0.128. The first-order chi connectivity index (χ1) is 11.2. The molecule has 1 saturated heterocycles. The van der Waals surface area contributed by atoms with Crippen LogP contribution in [0.3, 0.4) is 0 Å². The van der Waals surface area contributed by atoms with Gasteiger partial charge in [-0.2, -0.15) is 0 Å². The molecule has 2 heterocycles. The lowest BCUT2D eigenvalue weighted by molar-refractivity contribution is -0.129. The van der Waals surface area contributed by atoms with Crippen LogP contribution in [0.5, 0.6) is 5.75 Å². The molecule has 1 fully saturated rings. The molecule has 2 N–H and O–H groups in total. The maximum atomic E-state index is 12.7. The fourth-order valence-electron chi connectivity index (χ4n) is 3.39. The van der Waals surface area contributed by atoms with Gasteiger partial charge in [0.05, 0.1) is 18.8 Å². The van der Waals surface area contributed by atoms with Crippen molar-refractivity contribution in [2.75, 3.05) is 36.8 Å². The molecule has 0 saturated carbocycles. The fourth-order valence-corrected chi connectivity index (χ4v) is 3.39. The van der Waals surface area contributed by atoms with Crippen molar-refractivity contribution >= 4 is 17.3 Å². The largest absolute Gasteiger partial charge is 0.486 e. The van der Waals surface area contributed by atoms with E-state index in [0.29, 0.717) is 12.2 Å². The number of rotatable bonds is 3. The van der Waals surface area contributed by atoms with Crippen molar-refractivity contribution in [3.05, 3.63) is 18.2 Å². The van der Waals surface area contributed by atoms with E-state index in [0.717, 1.165) is 50.3 Å². The van der Waals surface area contributed by atoms with E-state index in [1.807, 2.05) is 23.1 Å². The standard InChI is InChI=1S/C18H27N3O2/c1-2-15-12-21(16-11-14(19)7-8-17(16)23-15)13-18(22)20-9-5-3-4-6-10-20/h7-8,11,15H,2-6,9-10,12-13,19H2,1H3. The summed E-state index contributed by atoms with van der Waals surface area (Å²) in [4.78, 5) is 16.9. The predicted molar refractivity (Wildman–Crippen MR) is 92.8 cm³/mol. The average molecular weight is 317 g/mol. The van der Waals surface area contributed by atoms with Gasteiger partial charge in [-0.3, -0.25) is 4.79 Å². The van der Waals surface area contributed by atoms with Crippen LogP contribution in [0.25, 0.3) is 0 Å². The number of nitrogens with two attached hydrogens (primary N) is 1. The average Bonchev–Trinajstić information content (AvgIpc) is 2.84. The maximum absolute atomic E-state index is 12.7. The number of nitrogens with zero attached hydrogens (tertiary/aromatic N) is 2. The SMILES string of the molecule is CCC1CN(CC(=O)N2CCCCCC2)c2cc(N)ccc2O1. The summed E-state index contributed by atoms with van der Waals surface area (Å²) in [5.41, 5.74) is 7.57. The molecule has 5 heteroatoms. The molecule has 3 rings (SSSR count). The van der Waals surface area contributed by atoms with Crippen molar-refractivity contribution < 1.29 is 9.53 Å². The van der Waals surface area contributed by atoms with Crippen molar-refractivity contribution in [1.29, 1.82) is 0 Å². The van der Waals surface area contributed by atoms with E-state index in [1.54, 1.807) is 0 Å². The normalized spacial score (nSPS) is 21.3. The van der Waals surface area contributed by atoms with Gasteiger partial charge >= 0.3 is 0 Å². The molecule has 0 aliphatic carbocycles. The van der Waals surface area contributed by atoms with Gasteiger partial charge < -0.3 is 20.3 Å². The molecular formula is C18H27N3O2. The Labute approximate surface area is 138 Å². The lowest BCUT2D eigenvalue weighted by Crippen LogP contribution is -2.46. The van der Waals surface area contributed by atoms with Crippen LogP contribution >= 0.6 is 0 Å². The molecular weight excluding hydrogens is 290 g/mol. The van der Waals surface area contributed by atoms with Gasteiger partial charge in [0.2, 0.25) is 5.91 Å². The summed E-state index contributed by atoms with van der Waals surface area (Å²) in [6, 6.07) is 5.68. The Bertz CT molecular complexity index is 553. The van der Waals surface area contributed by atoms with Crippen LogP contribution in [0.4, 0.5) is 11.4 Å². The van der Waals surface area contributed by atoms with Gasteiger partial charge in [0.25, 0.3) is 0 Å². The molecule has 5 nitrogen and oxygen atoms in total. The van der Waals surface area contributed by atoms with Gasteiger partial charge in [-0.1, -0.05) is 19.8 Å². The minimum absolute atomic E-state index is 0.128. The first-order valence-corrected chi connectivity index (χ1v) is 8.76. The zero-order valence-electron chi connectivity index (χ0n) is 14.0. The number of hydrogen-bond donors (Lipinski definition) is 1. The third-order valence-corrected chi connectivity index (χ3v) is 4.78. The Morgan fingerprint density at radius 3 is 2.70 bits per heavy atom. The number of benzene rings is 1. The van der Waals surface area contributed by atoms with Crippen molar-refractivity contribution in [3.63, 3.8) is 0 Å². The van der Waals surface area contributed by atoms with Crippen LogP contribution in [0.15, 0.2) is 18.2 Å². The Balaban J connectivity index is 1.75. The van der Waals surface area contributed by atoms with Gasteiger partial charge in [-0.25, -0.2) is 0 Å². The van der Waals surface area contributed by atoms with E-state index in [1.165, 1.54) is 12.8 Å². The Hall–Kier alpha value is -1.91. The van der Waals surface area contributed by atoms with Crippen molar-refractivity contribution in [2.45, 2.75) is 45.1 Å². The number of anilines is 2. The van der Waals surface area contributed by atoms with Crippen molar-refractivity contribution in [2.24, 2.45) is 0 Å². The quantitative estimate of drug-likeness (QED) is 0.871. The van der Waals surface area contributed by atoms with Crippen molar-refractivity contribution in [1.82, 2.24) is 4.90 Å². The zero-order valence-corrected chi connectivity index (χ0v) is 14.0. The van der Waals surface area contributed by atoms with E-state index >= 15 is 0 Å². The molecule has 0 aromatic heterocycles. The summed E-state index contributed by atoms with van der Waals surface area (Å²) in [7, 11) is 0. The number of carbonyl (C=O) groups is 1. The van der Waals surface area contributed by atoms with E-state index in [4.69, 9.17) is 10.5 Å². The number of fused-ring (bicyclic) bond motifs is 1. The van der Waals surface area contributed by atoms with Crippen LogP contribution in [0.1, 0.15) is 39.0 Å². The van der Waals surface area contributed by atoms with E-state index in [9.17, 15) is 4.79 Å². The molecule has 1 amide bonds. The number of hydrogen-bond acceptors (Lipinski definition) is 4. The number of likely N-dealkylation sites (tertiary alicyclic amines) is 1. The first-order valence-electron chi connectivity index (χ1n) is 8.76. The summed E-state index contributed by atoms with van der Waals surface area (Å²) >= 11 is 0. The molecule has 23 heavy (non-hydrogen) atoms. The Morgan fingerprint density at radius 2 is 2.00 bits per heavy atom. The smallest absolute Gasteiger partial charge is 0.242 e. The Morgan fingerprint density at radius 1 is 1.26 bits per heavy atom. The second-order valence-electron chi connectivity index (χ2n) is 6.55. The number of ether oxygens (including phenoxy) is 1. The number of amides is 1. The summed E-state index contributed by atoms with van der Waals surface area (Å²) in [6.07, 6.45) is 5.77. The lowest BCUT2D eigenvalue weighted by Gasteiger charge is -2.36. The topological polar surface area (TPSA) is 58.8 Å². The van der Waals surface area contributed by atoms with E-state index < -0.39 is 0 Å². The van der Waals surface area contributed by atoms with Crippen LogP contribution in [0.2, 0.25) is 0 Å². The van der Waals surface area contributed by atoms with Crippen LogP contribution < -0.4 is 15.4 Å². The van der Waals surface area contributed by atoms with Crippen LogP contribution in [0, 0.1) is 0 Å². The highest BCUT2D eigenvalue weighted by molar-refractivity contribution is 5.83. The highest BCUT2D eigenvalue weighted by Crippen LogP contribution is 2.35. The third kappa shape index (κ3) is 3.71. The molecule has 1 unspecified atom stereocenters. The first kappa shape index (κ1) is 16.0. The summed E-state index contributed by atoms with van der Waals surface area (Å²) in [6.45, 7) is 5.05. The molecule has 2 aliphatic heterocycles. The van der Waals surface area contributed by atoms with Gasteiger partial charge in [0, 0.05) is 18.8 Å². The molecule has 1 atom stereocenters. The van der Waals surface area contributed by atoms with Gasteiger partial charge in [0.1, 0.15) is 11.9 Å². The number of nitrogen functional groups attached to an aromatic ring is 1. The summed E-state index contributed by atoms with van der Waals surface area (Å²) in [5, 5.41) is 0. The Kier molecular flexibility index (Phi) is 4.94. The predicted octanol–water partition coefficient (Wildman–Crippen LogP) is 2.65. The third-order valence-electron chi connectivity index (χ3n) is 4.78. The summed E-state index contributed by atoms with van der Waals surface area (Å²) < 4.78 is 5.99. The highest BCUT2D eigenvalue weighted by atomic mass is 16.5.